The first-order chi connectivity index (χ1) is 10.1. The molecular weight excluding hydrogens is 286 g/mol. The Hall–Kier alpha value is -1.82. The summed E-state index contributed by atoms with van der Waals surface area (Å²) in [6.45, 7) is 6.42. The number of hydrogen-bond acceptors (Lipinski definition) is 4. The van der Waals surface area contributed by atoms with Crippen molar-refractivity contribution in [1.82, 2.24) is 15.8 Å². The van der Waals surface area contributed by atoms with Crippen LogP contribution in [0.25, 0.3) is 0 Å². The van der Waals surface area contributed by atoms with Gasteiger partial charge in [-0.25, -0.2) is 4.79 Å². The van der Waals surface area contributed by atoms with E-state index in [1.54, 1.807) is 11.3 Å². The van der Waals surface area contributed by atoms with Crippen molar-refractivity contribution in [2.45, 2.75) is 39.7 Å². The van der Waals surface area contributed by atoms with Gasteiger partial charge in [-0.3, -0.25) is 0 Å². The van der Waals surface area contributed by atoms with Crippen LogP contribution in [0.4, 0.5) is 4.79 Å². The van der Waals surface area contributed by atoms with Crippen molar-refractivity contribution in [3.8, 4) is 0 Å². The molecule has 0 saturated heterocycles. The van der Waals surface area contributed by atoms with Gasteiger partial charge in [0.2, 0.25) is 0 Å². The molecule has 5 nitrogen and oxygen atoms in total. The fourth-order valence-electron chi connectivity index (χ4n) is 2.33. The van der Waals surface area contributed by atoms with Crippen molar-refractivity contribution in [1.29, 1.82) is 0 Å². The lowest BCUT2D eigenvalue weighted by atomic mass is 10.0. The zero-order valence-electron chi connectivity index (χ0n) is 12.6. The van der Waals surface area contributed by atoms with E-state index < -0.39 is 0 Å². The molecule has 0 radical (unpaired) electrons. The second-order valence-electron chi connectivity index (χ2n) is 4.98. The highest BCUT2D eigenvalue weighted by molar-refractivity contribution is 7.07. The second-order valence-corrected chi connectivity index (χ2v) is 5.76. The first kappa shape index (κ1) is 15.6. The predicted molar refractivity (Wildman–Crippen MR) is 83.6 cm³/mol. The molecule has 2 rings (SSSR count). The van der Waals surface area contributed by atoms with Crippen LogP contribution in [0.1, 0.15) is 42.0 Å². The molecule has 21 heavy (non-hydrogen) atoms. The SMILES string of the molecule is CC[C@@H](NC(=O)NCCc1ccsc1)c1c(C)noc1C. The Morgan fingerprint density at radius 1 is 1.48 bits per heavy atom. The number of urea groups is 1. The Morgan fingerprint density at radius 2 is 2.29 bits per heavy atom. The fourth-order valence-corrected chi connectivity index (χ4v) is 3.03. The molecular formula is C15H21N3O2S. The minimum absolute atomic E-state index is 0.0719. The molecule has 2 N–H and O–H groups in total. The van der Waals surface area contributed by atoms with Gasteiger partial charge in [-0.15, -0.1) is 0 Å². The summed E-state index contributed by atoms with van der Waals surface area (Å²) in [6.07, 6.45) is 1.64. The predicted octanol–water partition coefficient (Wildman–Crippen LogP) is 3.35. The first-order valence-corrected chi connectivity index (χ1v) is 8.04. The Morgan fingerprint density at radius 3 is 2.86 bits per heavy atom. The van der Waals surface area contributed by atoms with E-state index in [9.17, 15) is 4.79 Å². The molecule has 0 saturated carbocycles. The Balaban J connectivity index is 1.85. The molecule has 0 aliphatic rings. The molecule has 1 atom stereocenters. The van der Waals surface area contributed by atoms with Crippen molar-refractivity contribution in [3.63, 3.8) is 0 Å². The van der Waals surface area contributed by atoms with E-state index in [2.05, 4.69) is 27.2 Å². The molecule has 0 aromatic carbocycles. The lowest BCUT2D eigenvalue weighted by Crippen LogP contribution is -2.39. The lowest BCUT2D eigenvalue weighted by Gasteiger charge is -2.17. The molecule has 0 aliphatic carbocycles. The normalized spacial score (nSPS) is 12.1. The maximum Gasteiger partial charge on any atom is 0.315 e. The number of amides is 2. The van der Waals surface area contributed by atoms with Gasteiger partial charge < -0.3 is 15.2 Å². The van der Waals surface area contributed by atoms with Crippen molar-refractivity contribution in [2.24, 2.45) is 0 Å². The van der Waals surface area contributed by atoms with Crippen LogP contribution in [-0.2, 0) is 6.42 Å². The Bertz CT molecular complexity index is 558. The van der Waals surface area contributed by atoms with Gasteiger partial charge in [0.15, 0.2) is 0 Å². The topological polar surface area (TPSA) is 67.2 Å². The van der Waals surface area contributed by atoms with Crippen molar-refractivity contribution in [2.75, 3.05) is 6.54 Å². The molecule has 0 unspecified atom stereocenters. The minimum atomic E-state index is -0.155. The van der Waals surface area contributed by atoms with Crippen LogP contribution in [0, 0.1) is 13.8 Å². The molecule has 2 heterocycles. The minimum Gasteiger partial charge on any atom is -0.361 e. The van der Waals surface area contributed by atoms with E-state index in [0.29, 0.717) is 6.54 Å². The van der Waals surface area contributed by atoms with Crippen LogP contribution in [0.2, 0.25) is 0 Å². The van der Waals surface area contributed by atoms with Crippen molar-refractivity contribution < 1.29 is 9.32 Å². The molecule has 0 spiro atoms. The van der Waals surface area contributed by atoms with Crippen LogP contribution in [0.15, 0.2) is 21.3 Å². The summed E-state index contributed by atoms with van der Waals surface area (Å²) >= 11 is 1.67. The monoisotopic (exact) mass is 307 g/mol. The number of aromatic nitrogens is 1. The molecule has 0 bridgehead atoms. The maximum absolute atomic E-state index is 12.0. The number of rotatable bonds is 6. The standard InChI is InChI=1S/C15H21N3O2S/c1-4-13(14-10(2)18-20-11(14)3)17-15(19)16-7-5-12-6-8-21-9-12/h6,8-9,13H,4-5,7H2,1-3H3,(H2,16,17,19)/t13-/m1/s1. The summed E-state index contributed by atoms with van der Waals surface area (Å²) in [5.41, 5.74) is 3.06. The van der Waals surface area contributed by atoms with E-state index in [-0.39, 0.29) is 12.1 Å². The third kappa shape index (κ3) is 4.07. The number of aryl methyl sites for hydroxylation is 2. The third-order valence-corrected chi connectivity index (χ3v) is 4.16. The highest BCUT2D eigenvalue weighted by Gasteiger charge is 2.20. The average molecular weight is 307 g/mol. The van der Waals surface area contributed by atoms with Crippen LogP contribution >= 0.6 is 11.3 Å². The molecule has 0 aliphatic heterocycles. The quantitative estimate of drug-likeness (QED) is 0.860. The lowest BCUT2D eigenvalue weighted by molar-refractivity contribution is 0.236. The zero-order valence-corrected chi connectivity index (χ0v) is 13.4. The van der Waals surface area contributed by atoms with Crippen LogP contribution in [0.3, 0.4) is 0 Å². The number of nitrogens with zero attached hydrogens (tertiary/aromatic N) is 1. The first-order valence-electron chi connectivity index (χ1n) is 7.10. The number of nitrogens with one attached hydrogen (secondary N) is 2. The number of hydrogen-bond donors (Lipinski definition) is 2. The smallest absolute Gasteiger partial charge is 0.315 e. The van der Waals surface area contributed by atoms with E-state index in [1.807, 2.05) is 26.2 Å². The van der Waals surface area contributed by atoms with E-state index in [4.69, 9.17) is 4.52 Å². The summed E-state index contributed by atoms with van der Waals surface area (Å²) in [5.74, 6) is 0.762. The van der Waals surface area contributed by atoms with Gasteiger partial charge in [0.25, 0.3) is 0 Å². The highest BCUT2D eigenvalue weighted by Crippen LogP contribution is 2.23. The van der Waals surface area contributed by atoms with E-state index in [1.165, 1.54) is 5.56 Å². The van der Waals surface area contributed by atoms with Gasteiger partial charge in [-0.05, 0) is 49.1 Å². The van der Waals surface area contributed by atoms with Gasteiger partial charge in [0.1, 0.15) is 5.76 Å². The molecule has 6 heteroatoms. The molecule has 2 aromatic heterocycles. The zero-order chi connectivity index (χ0) is 15.2. The summed E-state index contributed by atoms with van der Waals surface area (Å²) in [4.78, 5) is 12.0. The van der Waals surface area contributed by atoms with Gasteiger partial charge >= 0.3 is 6.03 Å². The maximum atomic E-state index is 12.0. The van der Waals surface area contributed by atoms with Crippen LogP contribution in [0.5, 0.6) is 0 Å². The summed E-state index contributed by atoms with van der Waals surface area (Å²) in [6, 6.07) is 1.85. The summed E-state index contributed by atoms with van der Waals surface area (Å²) < 4.78 is 5.17. The number of thiophene rings is 1. The molecule has 114 valence electrons. The largest absolute Gasteiger partial charge is 0.361 e. The third-order valence-electron chi connectivity index (χ3n) is 3.43. The van der Waals surface area contributed by atoms with Crippen LogP contribution < -0.4 is 10.6 Å². The Labute approximate surface area is 128 Å². The van der Waals surface area contributed by atoms with Crippen LogP contribution in [-0.4, -0.2) is 17.7 Å². The average Bonchev–Trinajstić information content (AvgIpc) is 3.07. The molecule has 2 aromatic rings. The Kier molecular flexibility index (Phi) is 5.38. The van der Waals surface area contributed by atoms with Crippen molar-refractivity contribution in [3.05, 3.63) is 39.4 Å². The number of carbonyl (C=O) groups excluding carboxylic acids is 1. The second kappa shape index (κ2) is 7.26. The van der Waals surface area contributed by atoms with Crippen molar-refractivity contribution >= 4 is 17.4 Å². The fraction of sp³-hybridized carbons (Fsp3) is 0.467. The highest BCUT2D eigenvalue weighted by atomic mass is 32.1. The summed E-state index contributed by atoms with van der Waals surface area (Å²) in [5, 5.41) is 14.0. The van der Waals surface area contributed by atoms with Gasteiger partial charge in [0, 0.05) is 12.1 Å². The molecule has 2 amide bonds. The molecule has 0 fully saturated rings. The van der Waals surface area contributed by atoms with Gasteiger partial charge in [-0.2, -0.15) is 11.3 Å². The summed E-state index contributed by atoms with van der Waals surface area (Å²) in [7, 11) is 0. The van der Waals surface area contributed by atoms with E-state index in [0.717, 1.165) is 29.9 Å². The number of carbonyl (C=O) groups is 1. The van der Waals surface area contributed by atoms with E-state index >= 15 is 0 Å². The van der Waals surface area contributed by atoms with Gasteiger partial charge in [-0.1, -0.05) is 12.1 Å². The van der Waals surface area contributed by atoms with Gasteiger partial charge in [0.05, 0.1) is 11.7 Å².